The number of carbonyl (C=O) groups is 2. The van der Waals surface area contributed by atoms with Crippen molar-refractivity contribution in [2.75, 3.05) is 6.54 Å². The average molecular weight is 442 g/mol. The molecule has 7 nitrogen and oxygen atoms in total. The van der Waals surface area contributed by atoms with Crippen LogP contribution in [-0.4, -0.2) is 57.7 Å². The number of hydrogen-bond acceptors (Lipinski definition) is 6. The summed E-state index contributed by atoms with van der Waals surface area (Å²) < 4.78 is 38.3. The van der Waals surface area contributed by atoms with Crippen LogP contribution < -0.4 is 11.1 Å². The summed E-state index contributed by atoms with van der Waals surface area (Å²) in [6.45, 7) is 1.66. The minimum atomic E-state index is -4.93. The molecule has 0 spiro atoms. The molecule has 1 aromatic carbocycles. The van der Waals surface area contributed by atoms with Gasteiger partial charge in [-0.15, -0.1) is 11.3 Å². The highest BCUT2D eigenvalue weighted by Crippen LogP contribution is 2.27. The third-order valence-corrected chi connectivity index (χ3v) is 5.89. The van der Waals surface area contributed by atoms with E-state index in [1.165, 1.54) is 11.3 Å². The van der Waals surface area contributed by atoms with Crippen molar-refractivity contribution in [3.05, 3.63) is 41.0 Å². The molecule has 0 radical (unpaired) electrons. The average Bonchev–Trinajstić information content (AvgIpc) is 3.30. The SMILES string of the molecule is Cc1ncsc1-c1ccc(CNC(=O)[C@@H]2CC(O)CN2C(=O)C(N)C(F)(F)F)cc1. The van der Waals surface area contributed by atoms with Crippen LogP contribution in [0, 0.1) is 6.92 Å². The van der Waals surface area contributed by atoms with Crippen molar-refractivity contribution in [3.8, 4) is 10.4 Å². The molecule has 4 N–H and O–H groups in total. The van der Waals surface area contributed by atoms with E-state index in [0.29, 0.717) is 4.90 Å². The van der Waals surface area contributed by atoms with E-state index in [1.807, 2.05) is 31.2 Å². The van der Waals surface area contributed by atoms with E-state index in [-0.39, 0.29) is 19.5 Å². The summed E-state index contributed by atoms with van der Waals surface area (Å²) in [6.07, 6.45) is -6.16. The molecule has 2 unspecified atom stereocenters. The number of alkyl halides is 3. The Morgan fingerprint density at radius 2 is 2.03 bits per heavy atom. The van der Waals surface area contributed by atoms with Gasteiger partial charge in [0.15, 0.2) is 6.04 Å². The van der Waals surface area contributed by atoms with Gasteiger partial charge >= 0.3 is 6.18 Å². The molecular weight excluding hydrogens is 421 g/mol. The molecule has 1 saturated heterocycles. The van der Waals surface area contributed by atoms with Gasteiger partial charge in [0.1, 0.15) is 6.04 Å². The maximum absolute atomic E-state index is 12.8. The fourth-order valence-electron chi connectivity index (χ4n) is 3.28. The van der Waals surface area contributed by atoms with E-state index in [4.69, 9.17) is 5.73 Å². The molecule has 1 aromatic heterocycles. The van der Waals surface area contributed by atoms with Crippen LogP contribution in [0.1, 0.15) is 17.7 Å². The van der Waals surface area contributed by atoms with Gasteiger partial charge in [0.05, 0.1) is 22.2 Å². The minimum absolute atomic E-state index is 0.126. The molecule has 3 rings (SSSR count). The van der Waals surface area contributed by atoms with Gasteiger partial charge in [-0.3, -0.25) is 9.59 Å². The third-order valence-electron chi connectivity index (χ3n) is 4.91. The summed E-state index contributed by atoms with van der Waals surface area (Å²) in [7, 11) is 0. The number of nitrogens with one attached hydrogen (secondary N) is 1. The Hall–Kier alpha value is -2.50. The van der Waals surface area contributed by atoms with Gasteiger partial charge in [0.2, 0.25) is 11.8 Å². The van der Waals surface area contributed by atoms with Crippen molar-refractivity contribution in [3.63, 3.8) is 0 Å². The van der Waals surface area contributed by atoms with Crippen LogP contribution in [0.2, 0.25) is 0 Å². The first-order chi connectivity index (χ1) is 14.1. The highest BCUT2D eigenvalue weighted by molar-refractivity contribution is 7.13. The molecule has 2 amide bonds. The third kappa shape index (κ3) is 4.79. The largest absolute Gasteiger partial charge is 0.412 e. The second kappa shape index (κ2) is 8.70. The first-order valence-electron chi connectivity index (χ1n) is 9.16. The van der Waals surface area contributed by atoms with E-state index in [1.54, 1.807) is 5.51 Å². The number of amides is 2. The Morgan fingerprint density at radius 1 is 1.37 bits per heavy atom. The monoisotopic (exact) mass is 442 g/mol. The van der Waals surface area contributed by atoms with Crippen LogP contribution in [0.25, 0.3) is 10.4 Å². The molecule has 1 aliphatic rings. The molecule has 0 bridgehead atoms. The molecule has 2 aromatic rings. The lowest BCUT2D eigenvalue weighted by Crippen LogP contribution is -2.55. The maximum atomic E-state index is 12.8. The molecule has 11 heteroatoms. The number of carbonyl (C=O) groups excluding carboxylic acids is 2. The Labute approximate surface area is 174 Å². The van der Waals surface area contributed by atoms with E-state index < -0.39 is 36.2 Å². The maximum Gasteiger partial charge on any atom is 0.412 e. The number of aliphatic hydroxyl groups is 1. The lowest BCUT2D eigenvalue weighted by atomic mass is 10.1. The van der Waals surface area contributed by atoms with Gasteiger partial charge < -0.3 is 21.1 Å². The molecule has 1 fully saturated rings. The van der Waals surface area contributed by atoms with Crippen LogP contribution >= 0.6 is 11.3 Å². The number of rotatable bonds is 5. The fourth-order valence-corrected chi connectivity index (χ4v) is 4.10. The molecule has 2 heterocycles. The van der Waals surface area contributed by atoms with Crippen molar-refractivity contribution in [1.29, 1.82) is 0 Å². The van der Waals surface area contributed by atoms with Gasteiger partial charge in [-0.2, -0.15) is 13.2 Å². The predicted octanol–water partition coefficient (Wildman–Crippen LogP) is 1.59. The van der Waals surface area contributed by atoms with Crippen LogP contribution in [0.3, 0.4) is 0 Å². The van der Waals surface area contributed by atoms with Gasteiger partial charge in [-0.05, 0) is 18.1 Å². The molecule has 0 aliphatic carbocycles. The second-order valence-electron chi connectivity index (χ2n) is 7.10. The highest BCUT2D eigenvalue weighted by atomic mass is 32.1. The first-order valence-corrected chi connectivity index (χ1v) is 10.0. The summed E-state index contributed by atoms with van der Waals surface area (Å²) >= 11 is 1.52. The molecule has 162 valence electrons. The summed E-state index contributed by atoms with van der Waals surface area (Å²) in [5.41, 5.74) is 9.42. The number of aromatic nitrogens is 1. The fraction of sp³-hybridized carbons (Fsp3) is 0.421. The number of β-amino-alcohol motifs (C(OH)–C–C–N with tert-alkyl or cyclic N) is 1. The summed E-state index contributed by atoms with van der Waals surface area (Å²) in [5.74, 6) is -2.07. The molecule has 3 atom stereocenters. The molecule has 1 aliphatic heterocycles. The van der Waals surface area contributed by atoms with Crippen molar-refractivity contribution in [2.45, 2.75) is 44.3 Å². The van der Waals surface area contributed by atoms with Crippen LogP contribution in [0.5, 0.6) is 0 Å². The summed E-state index contributed by atoms with van der Waals surface area (Å²) in [6, 6.07) is 3.47. The Balaban J connectivity index is 1.63. The zero-order valence-corrected chi connectivity index (χ0v) is 16.8. The van der Waals surface area contributed by atoms with E-state index in [9.17, 15) is 27.9 Å². The number of benzene rings is 1. The van der Waals surface area contributed by atoms with Crippen molar-refractivity contribution < 1.29 is 27.9 Å². The Morgan fingerprint density at radius 3 is 2.60 bits per heavy atom. The van der Waals surface area contributed by atoms with Crippen molar-refractivity contribution in [1.82, 2.24) is 15.2 Å². The second-order valence-corrected chi connectivity index (χ2v) is 7.95. The van der Waals surface area contributed by atoms with Gasteiger partial charge in [0.25, 0.3) is 0 Å². The van der Waals surface area contributed by atoms with E-state index in [2.05, 4.69) is 10.3 Å². The number of aryl methyl sites for hydroxylation is 1. The number of nitrogens with zero attached hydrogens (tertiary/aromatic N) is 2. The van der Waals surface area contributed by atoms with Gasteiger partial charge in [-0.1, -0.05) is 24.3 Å². The normalized spacial score (nSPS) is 20.3. The van der Waals surface area contributed by atoms with Crippen LogP contribution in [0.15, 0.2) is 29.8 Å². The molecular formula is C19H21F3N4O3S. The Kier molecular flexibility index (Phi) is 6.44. The number of nitrogens with two attached hydrogens (primary N) is 1. The standard InChI is InChI=1S/C19H21F3N4O3S/c1-10-15(30-9-25-10)12-4-2-11(3-5-12)7-24-17(28)14-6-13(27)8-26(14)18(29)16(23)19(20,21)22/h2-5,9,13-14,16,27H,6-8,23H2,1H3,(H,24,28)/t13?,14-,16?/m0/s1. The van der Waals surface area contributed by atoms with Crippen LogP contribution in [-0.2, 0) is 16.1 Å². The van der Waals surface area contributed by atoms with Gasteiger partial charge in [-0.25, -0.2) is 4.98 Å². The number of halogens is 3. The number of aliphatic hydroxyl groups excluding tert-OH is 1. The quantitative estimate of drug-likeness (QED) is 0.652. The lowest BCUT2D eigenvalue weighted by molar-refractivity contribution is -0.171. The smallest absolute Gasteiger partial charge is 0.391 e. The lowest BCUT2D eigenvalue weighted by Gasteiger charge is -2.27. The first kappa shape index (κ1) is 22.2. The van der Waals surface area contributed by atoms with Crippen molar-refractivity contribution in [2.24, 2.45) is 5.73 Å². The number of likely N-dealkylation sites (tertiary alicyclic amines) is 1. The molecule has 30 heavy (non-hydrogen) atoms. The molecule has 0 saturated carbocycles. The van der Waals surface area contributed by atoms with Crippen molar-refractivity contribution >= 4 is 23.2 Å². The van der Waals surface area contributed by atoms with Gasteiger partial charge in [0, 0.05) is 19.5 Å². The zero-order chi connectivity index (χ0) is 22.1. The van der Waals surface area contributed by atoms with E-state index >= 15 is 0 Å². The number of hydrogen-bond donors (Lipinski definition) is 3. The summed E-state index contributed by atoms with van der Waals surface area (Å²) in [5, 5.41) is 12.4. The highest BCUT2D eigenvalue weighted by Gasteiger charge is 2.48. The zero-order valence-electron chi connectivity index (χ0n) is 16.0. The predicted molar refractivity (Wildman–Crippen MR) is 104 cm³/mol. The van der Waals surface area contributed by atoms with E-state index in [0.717, 1.165) is 21.7 Å². The number of thiazole rings is 1. The summed E-state index contributed by atoms with van der Waals surface area (Å²) in [4.78, 5) is 30.5. The van der Waals surface area contributed by atoms with Crippen LogP contribution in [0.4, 0.5) is 13.2 Å². The topological polar surface area (TPSA) is 109 Å². The minimum Gasteiger partial charge on any atom is -0.391 e. The Bertz CT molecular complexity index is 916.